The maximum Gasteiger partial charge on any atom is 0.335 e. The van der Waals surface area contributed by atoms with Crippen LogP contribution in [0.1, 0.15) is 21.9 Å². The predicted molar refractivity (Wildman–Crippen MR) is 71.4 cm³/mol. The number of aromatic carboxylic acids is 1. The van der Waals surface area contributed by atoms with Gasteiger partial charge in [-0.3, -0.25) is 0 Å². The van der Waals surface area contributed by atoms with E-state index in [4.69, 9.17) is 9.52 Å². The molecule has 2 aromatic heterocycles. The van der Waals surface area contributed by atoms with E-state index in [1.54, 1.807) is 12.1 Å². The predicted octanol–water partition coefficient (Wildman–Crippen LogP) is 3.29. The molecular weight excluding hydrogens is 242 g/mol. The lowest BCUT2D eigenvalue weighted by molar-refractivity contribution is 0.0697. The summed E-state index contributed by atoms with van der Waals surface area (Å²) in [5.41, 5.74) is 1.30. The Morgan fingerprint density at radius 2 is 2.11 bits per heavy atom. The second-order valence-electron chi connectivity index (χ2n) is 4.53. The molecule has 0 bridgehead atoms. The SMILES string of the molecule is Cc1ccc(Cn2ccc3cc(C(=O)O)ccc32)o1. The lowest BCUT2D eigenvalue weighted by atomic mass is 10.1. The fourth-order valence-corrected chi connectivity index (χ4v) is 2.21. The fourth-order valence-electron chi connectivity index (χ4n) is 2.21. The highest BCUT2D eigenvalue weighted by Crippen LogP contribution is 2.19. The first kappa shape index (κ1) is 11.6. The average molecular weight is 255 g/mol. The third-order valence-corrected chi connectivity index (χ3v) is 3.14. The number of carbonyl (C=O) groups is 1. The Bertz CT molecular complexity index is 752. The lowest BCUT2D eigenvalue weighted by Gasteiger charge is -2.03. The lowest BCUT2D eigenvalue weighted by Crippen LogP contribution is -1.98. The van der Waals surface area contributed by atoms with Gasteiger partial charge in [0.05, 0.1) is 12.1 Å². The molecule has 3 rings (SSSR count). The summed E-state index contributed by atoms with van der Waals surface area (Å²) >= 11 is 0. The normalized spacial score (nSPS) is 11.0. The van der Waals surface area contributed by atoms with Gasteiger partial charge in [0.25, 0.3) is 0 Å². The maximum absolute atomic E-state index is 10.9. The first-order chi connectivity index (χ1) is 9.13. The van der Waals surface area contributed by atoms with E-state index in [9.17, 15) is 4.79 Å². The number of hydrogen-bond donors (Lipinski definition) is 1. The minimum absolute atomic E-state index is 0.305. The zero-order valence-electron chi connectivity index (χ0n) is 10.5. The van der Waals surface area contributed by atoms with Crippen LogP contribution in [0.5, 0.6) is 0 Å². The Labute approximate surface area is 109 Å². The molecule has 96 valence electrons. The summed E-state index contributed by atoms with van der Waals surface area (Å²) in [6.07, 6.45) is 1.94. The van der Waals surface area contributed by atoms with Crippen LogP contribution in [-0.4, -0.2) is 15.6 Å². The highest BCUT2D eigenvalue weighted by Gasteiger charge is 2.08. The van der Waals surface area contributed by atoms with Crippen molar-refractivity contribution in [3.05, 3.63) is 59.7 Å². The highest BCUT2D eigenvalue weighted by atomic mass is 16.4. The molecule has 4 heteroatoms. The topological polar surface area (TPSA) is 55.4 Å². The largest absolute Gasteiger partial charge is 0.478 e. The maximum atomic E-state index is 10.9. The zero-order valence-corrected chi connectivity index (χ0v) is 10.5. The molecule has 1 aromatic carbocycles. The Morgan fingerprint density at radius 1 is 1.26 bits per heavy atom. The molecule has 0 unspecified atom stereocenters. The molecule has 0 spiro atoms. The van der Waals surface area contributed by atoms with E-state index in [-0.39, 0.29) is 0 Å². The van der Waals surface area contributed by atoms with Crippen molar-refractivity contribution in [1.82, 2.24) is 4.57 Å². The van der Waals surface area contributed by atoms with Gasteiger partial charge in [-0.2, -0.15) is 0 Å². The van der Waals surface area contributed by atoms with E-state index in [1.807, 2.05) is 42.0 Å². The van der Waals surface area contributed by atoms with Crippen LogP contribution in [0, 0.1) is 6.92 Å². The summed E-state index contributed by atoms with van der Waals surface area (Å²) in [6, 6.07) is 10.9. The van der Waals surface area contributed by atoms with E-state index in [1.165, 1.54) is 0 Å². The van der Waals surface area contributed by atoms with Gasteiger partial charge in [0.15, 0.2) is 0 Å². The molecule has 0 atom stereocenters. The monoisotopic (exact) mass is 255 g/mol. The minimum Gasteiger partial charge on any atom is -0.478 e. The Kier molecular flexibility index (Phi) is 2.63. The van der Waals surface area contributed by atoms with Gasteiger partial charge in [-0.05, 0) is 43.3 Å². The first-order valence-corrected chi connectivity index (χ1v) is 6.01. The number of furan rings is 1. The van der Waals surface area contributed by atoms with E-state index in [0.717, 1.165) is 22.4 Å². The molecule has 1 N–H and O–H groups in total. The molecule has 2 heterocycles. The molecule has 0 saturated heterocycles. The van der Waals surface area contributed by atoms with Crippen LogP contribution in [0.3, 0.4) is 0 Å². The molecule has 0 aliphatic rings. The molecule has 0 aliphatic carbocycles. The van der Waals surface area contributed by atoms with Crippen LogP contribution < -0.4 is 0 Å². The van der Waals surface area contributed by atoms with Crippen molar-refractivity contribution in [2.75, 3.05) is 0 Å². The number of carboxylic acid groups (broad SMARTS) is 1. The number of fused-ring (bicyclic) bond motifs is 1. The smallest absolute Gasteiger partial charge is 0.335 e. The van der Waals surface area contributed by atoms with Gasteiger partial charge in [0.1, 0.15) is 11.5 Å². The molecular formula is C15H13NO3. The van der Waals surface area contributed by atoms with E-state index in [2.05, 4.69) is 0 Å². The summed E-state index contributed by atoms with van der Waals surface area (Å²) < 4.78 is 7.59. The molecule has 4 nitrogen and oxygen atoms in total. The number of aromatic nitrogens is 1. The van der Waals surface area contributed by atoms with Gasteiger partial charge in [0, 0.05) is 17.1 Å². The fraction of sp³-hybridized carbons (Fsp3) is 0.133. The number of carboxylic acids is 1. The van der Waals surface area contributed by atoms with Crippen molar-refractivity contribution < 1.29 is 14.3 Å². The van der Waals surface area contributed by atoms with Gasteiger partial charge in [-0.25, -0.2) is 4.79 Å². The number of benzene rings is 1. The number of rotatable bonds is 3. The zero-order chi connectivity index (χ0) is 13.4. The quantitative estimate of drug-likeness (QED) is 0.781. The van der Waals surface area contributed by atoms with E-state index < -0.39 is 5.97 Å². The summed E-state index contributed by atoms with van der Waals surface area (Å²) in [6.45, 7) is 2.56. The molecule has 0 amide bonds. The van der Waals surface area contributed by atoms with Crippen LogP contribution in [0.15, 0.2) is 47.0 Å². The van der Waals surface area contributed by atoms with E-state index in [0.29, 0.717) is 12.1 Å². The molecule has 0 fully saturated rings. The van der Waals surface area contributed by atoms with Gasteiger partial charge in [0.2, 0.25) is 0 Å². The molecule has 0 saturated carbocycles. The van der Waals surface area contributed by atoms with E-state index >= 15 is 0 Å². The molecule has 3 aromatic rings. The van der Waals surface area contributed by atoms with Crippen LogP contribution in [0.25, 0.3) is 10.9 Å². The second-order valence-corrected chi connectivity index (χ2v) is 4.53. The minimum atomic E-state index is -0.906. The Balaban J connectivity index is 1.99. The van der Waals surface area contributed by atoms with Crippen molar-refractivity contribution in [2.24, 2.45) is 0 Å². The number of aryl methyl sites for hydroxylation is 1. The van der Waals surface area contributed by atoms with Gasteiger partial charge in [-0.15, -0.1) is 0 Å². The number of nitrogens with zero attached hydrogens (tertiary/aromatic N) is 1. The van der Waals surface area contributed by atoms with Crippen molar-refractivity contribution in [3.8, 4) is 0 Å². The van der Waals surface area contributed by atoms with Crippen LogP contribution >= 0.6 is 0 Å². The summed E-state index contributed by atoms with van der Waals surface area (Å²) in [5, 5.41) is 9.89. The molecule has 0 aliphatic heterocycles. The van der Waals surface area contributed by atoms with Crippen molar-refractivity contribution in [2.45, 2.75) is 13.5 Å². The van der Waals surface area contributed by atoms with Crippen molar-refractivity contribution >= 4 is 16.9 Å². The van der Waals surface area contributed by atoms with Crippen LogP contribution in [-0.2, 0) is 6.54 Å². The van der Waals surface area contributed by atoms with Gasteiger partial charge >= 0.3 is 5.97 Å². The Morgan fingerprint density at radius 3 is 2.79 bits per heavy atom. The second kappa shape index (κ2) is 4.31. The third kappa shape index (κ3) is 2.12. The Hall–Kier alpha value is -2.49. The molecule has 0 radical (unpaired) electrons. The summed E-state index contributed by atoms with van der Waals surface area (Å²) in [7, 11) is 0. The van der Waals surface area contributed by atoms with Crippen molar-refractivity contribution in [3.63, 3.8) is 0 Å². The summed E-state index contributed by atoms with van der Waals surface area (Å²) in [4.78, 5) is 10.9. The first-order valence-electron chi connectivity index (χ1n) is 6.01. The number of hydrogen-bond acceptors (Lipinski definition) is 2. The van der Waals surface area contributed by atoms with Gasteiger partial charge < -0.3 is 14.1 Å². The summed E-state index contributed by atoms with van der Waals surface area (Å²) in [5.74, 6) is 0.869. The highest BCUT2D eigenvalue weighted by molar-refractivity contribution is 5.93. The van der Waals surface area contributed by atoms with Crippen LogP contribution in [0.2, 0.25) is 0 Å². The van der Waals surface area contributed by atoms with Crippen molar-refractivity contribution in [1.29, 1.82) is 0 Å². The van der Waals surface area contributed by atoms with Crippen LogP contribution in [0.4, 0.5) is 0 Å². The third-order valence-electron chi connectivity index (χ3n) is 3.14. The average Bonchev–Trinajstić information content (AvgIpc) is 2.96. The van der Waals surface area contributed by atoms with Gasteiger partial charge in [-0.1, -0.05) is 0 Å². The standard InChI is InChI=1S/C15H13NO3/c1-10-2-4-13(19-10)9-16-7-6-11-8-12(15(17)18)3-5-14(11)16/h2-8H,9H2,1H3,(H,17,18). The molecule has 19 heavy (non-hydrogen) atoms.